The maximum Gasteiger partial charge on any atom is 0.271 e. The number of thiazole rings is 1. The maximum absolute atomic E-state index is 15.1. The summed E-state index contributed by atoms with van der Waals surface area (Å²) < 4.78 is 20.7. The predicted octanol–water partition coefficient (Wildman–Crippen LogP) is 5.19. The van der Waals surface area contributed by atoms with Crippen molar-refractivity contribution >= 4 is 46.4 Å². The van der Waals surface area contributed by atoms with Crippen molar-refractivity contribution in [1.29, 1.82) is 0 Å². The van der Waals surface area contributed by atoms with Crippen molar-refractivity contribution in [3.63, 3.8) is 0 Å². The number of amides is 2. The molecular weight excluding hydrogens is 502 g/mol. The van der Waals surface area contributed by atoms with Crippen molar-refractivity contribution < 1.29 is 18.7 Å². The third-order valence-electron chi connectivity index (χ3n) is 5.44. The summed E-state index contributed by atoms with van der Waals surface area (Å²) in [5.41, 5.74) is 1.79. The highest BCUT2D eigenvalue weighted by Gasteiger charge is 2.51. The van der Waals surface area contributed by atoms with E-state index in [1.165, 1.54) is 23.6 Å². The molecule has 1 saturated carbocycles. The monoisotopic (exact) mass is 522 g/mol. The van der Waals surface area contributed by atoms with E-state index in [0.29, 0.717) is 46.4 Å². The van der Waals surface area contributed by atoms with Crippen molar-refractivity contribution in [2.75, 3.05) is 6.61 Å². The standard InChI is InChI=1S/C23H21Cl2FN4O3S/c1-3-33-20-15(7-14(24)8-16(20)25)13-6-17(26)19(27-9-13)12(2)29-22(32)23(4-5-23)30-21(31)18-10-34-11-28-18/h6-12H,3-5H2,1-2H3,(H,29,32)(H,30,31)/t12-/m1/s1. The Morgan fingerprint density at radius 2 is 2.03 bits per heavy atom. The first kappa shape index (κ1) is 24.4. The second-order valence-corrected chi connectivity index (χ2v) is 9.46. The van der Waals surface area contributed by atoms with E-state index in [2.05, 4.69) is 20.6 Å². The summed E-state index contributed by atoms with van der Waals surface area (Å²) in [5, 5.41) is 7.79. The second-order valence-electron chi connectivity index (χ2n) is 7.89. The van der Waals surface area contributed by atoms with Crippen LogP contribution in [0.4, 0.5) is 4.39 Å². The van der Waals surface area contributed by atoms with Crippen molar-refractivity contribution in [3.05, 3.63) is 62.5 Å². The highest BCUT2D eigenvalue weighted by molar-refractivity contribution is 7.07. The molecule has 34 heavy (non-hydrogen) atoms. The Kier molecular flexibility index (Phi) is 7.06. The lowest BCUT2D eigenvalue weighted by Crippen LogP contribution is -2.49. The summed E-state index contributed by atoms with van der Waals surface area (Å²) >= 11 is 13.7. The minimum atomic E-state index is -1.02. The summed E-state index contributed by atoms with van der Waals surface area (Å²) in [6.45, 7) is 3.81. The zero-order valence-electron chi connectivity index (χ0n) is 18.3. The molecule has 0 aliphatic heterocycles. The van der Waals surface area contributed by atoms with Gasteiger partial charge in [-0.15, -0.1) is 11.3 Å². The van der Waals surface area contributed by atoms with Gasteiger partial charge in [0.05, 0.1) is 28.9 Å². The highest BCUT2D eigenvalue weighted by atomic mass is 35.5. The molecule has 0 radical (unpaired) electrons. The topological polar surface area (TPSA) is 93.2 Å². The molecule has 7 nitrogen and oxygen atoms in total. The molecule has 2 amide bonds. The number of aromatic nitrogens is 2. The molecule has 11 heteroatoms. The molecule has 1 aromatic carbocycles. The van der Waals surface area contributed by atoms with Crippen molar-refractivity contribution in [3.8, 4) is 16.9 Å². The van der Waals surface area contributed by atoms with Crippen LogP contribution < -0.4 is 15.4 Å². The molecule has 1 aliphatic rings. The van der Waals surface area contributed by atoms with Gasteiger partial charge in [0.1, 0.15) is 22.8 Å². The van der Waals surface area contributed by atoms with Gasteiger partial charge in [0, 0.05) is 27.7 Å². The SMILES string of the molecule is CCOc1c(Cl)cc(Cl)cc1-c1cnc([C@@H](C)NC(=O)C2(NC(=O)c3cscn3)CC2)c(F)c1. The fourth-order valence-electron chi connectivity index (χ4n) is 3.52. The average molecular weight is 523 g/mol. The number of carbonyl (C=O) groups is 2. The number of ether oxygens (including phenoxy) is 1. The molecule has 0 bridgehead atoms. The van der Waals surface area contributed by atoms with Crippen molar-refractivity contribution in [1.82, 2.24) is 20.6 Å². The normalized spacial score (nSPS) is 14.9. The molecule has 0 spiro atoms. The number of carbonyl (C=O) groups excluding carboxylic acids is 2. The van der Waals surface area contributed by atoms with Gasteiger partial charge in [-0.3, -0.25) is 14.6 Å². The van der Waals surface area contributed by atoms with Crippen LogP contribution in [-0.2, 0) is 4.79 Å². The molecule has 2 heterocycles. The smallest absolute Gasteiger partial charge is 0.271 e. The number of nitrogens with one attached hydrogen (secondary N) is 2. The van der Waals surface area contributed by atoms with Gasteiger partial charge >= 0.3 is 0 Å². The zero-order chi connectivity index (χ0) is 24.5. The Labute approximate surface area is 209 Å². The third kappa shape index (κ3) is 5.01. The van der Waals surface area contributed by atoms with E-state index in [1.54, 1.807) is 29.9 Å². The summed E-state index contributed by atoms with van der Waals surface area (Å²) in [6, 6.07) is 3.74. The number of nitrogens with zero attached hydrogens (tertiary/aromatic N) is 2. The number of rotatable bonds is 8. The van der Waals surface area contributed by atoms with Crippen LogP contribution in [0.15, 0.2) is 35.3 Å². The number of pyridine rings is 1. The summed E-state index contributed by atoms with van der Waals surface area (Å²) in [5.74, 6) is -1.04. The van der Waals surface area contributed by atoms with Gasteiger partial charge < -0.3 is 15.4 Å². The summed E-state index contributed by atoms with van der Waals surface area (Å²) in [6.07, 6.45) is 2.46. The predicted molar refractivity (Wildman–Crippen MR) is 129 cm³/mol. The molecule has 3 aromatic rings. The van der Waals surface area contributed by atoms with E-state index in [-0.39, 0.29) is 11.4 Å². The van der Waals surface area contributed by atoms with E-state index < -0.39 is 29.2 Å². The molecule has 2 aromatic heterocycles. The Bertz CT molecular complexity index is 1240. The van der Waals surface area contributed by atoms with Crippen molar-refractivity contribution in [2.45, 2.75) is 38.3 Å². The minimum Gasteiger partial charge on any atom is -0.492 e. The molecule has 178 valence electrons. The van der Waals surface area contributed by atoms with Crippen LogP contribution in [0.5, 0.6) is 5.75 Å². The first-order chi connectivity index (χ1) is 16.2. The number of benzene rings is 1. The third-order valence-corrected chi connectivity index (χ3v) is 6.52. The van der Waals surface area contributed by atoms with E-state index in [9.17, 15) is 9.59 Å². The average Bonchev–Trinajstić information content (AvgIpc) is 3.36. The van der Waals surface area contributed by atoms with Gasteiger partial charge in [-0.05, 0) is 44.9 Å². The van der Waals surface area contributed by atoms with Crippen LogP contribution >= 0.6 is 34.5 Å². The van der Waals surface area contributed by atoms with Crippen LogP contribution in [0.3, 0.4) is 0 Å². The fourth-order valence-corrected chi connectivity index (χ4v) is 4.60. The van der Waals surface area contributed by atoms with E-state index in [4.69, 9.17) is 27.9 Å². The fraction of sp³-hybridized carbons (Fsp3) is 0.304. The zero-order valence-corrected chi connectivity index (χ0v) is 20.7. The van der Waals surface area contributed by atoms with Gasteiger partial charge in [0.15, 0.2) is 0 Å². The Hall–Kier alpha value is -2.75. The maximum atomic E-state index is 15.1. The quantitative estimate of drug-likeness (QED) is 0.424. The Balaban J connectivity index is 1.50. The van der Waals surface area contributed by atoms with Gasteiger partial charge in [0.25, 0.3) is 5.91 Å². The van der Waals surface area contributed by atoms with Crippen molar-refractivity contribution in [2.24, 2.45) is 0 Å². The van der Waals surface area contributed by atoms with Crippen LogP contribution in [0.1, 0.15) is 48.9 Å². The van der Waals surface area contributed by atoms with E-state index >= 15 is 4.39 Å². The molecule has 1 atom stereocenters. The van der Waals surface area contributed by atoms with Crippen LogP contribution in [0.25, 0.3) is 11.1 Å². The molecule has 2 N–H and O–H groups in total. The number of hydrogen-bond acceptors (Lipinski definition) is 6. The van der Waals surface area contributed by atoms with Crippen LogP contribution in [-0.4, -0.2) is 33.9 Å². The highest BCUT2D eigenvalue weighted by Crippen LogP contribution is 2.40. The van der Waals surface area contributed by atoms with Gasteiger partial charge in [-0.1, -0.05) is 23.2 Å². The second kappa shape index (κ2) is 9.85. The summed E-state index contributed by atoms with van der Waals surface area (Å²) in [4.78, 5) is 33.4. The largest absolute Gasteiger partial charge is 0.492 e. The first-order valence-electron chi connectivity index (χ1n) is 10.5. The number of halogens is 3. The Morgan fingerprint density at radius 3 is 2.65 bits per heavy atom. The lowest BCUT2D eigenvalue weighted by molar-refractivity contribution is -0.124. The first-order valence-corrected chi connectivity index (χ1v) is 12.2. The molecule has 4 rings (SSSR count). The minimum absolute atomic E-state index is 0.0600. The van der Waals surface area contributed by atoms with Gasteiger partial charge in [-0.25, -0.2) is 9.37 Å². The van der Waals surface area contributed by atoms with Gasteiger partial charge in [0.2, 0.25) is 5.91 Å². The molecular formula is C23H21Cl2FN4O3S. The molecule has 1 aliphatic carbocycles. The molecule has 1 fully saturated rings. The number of hydrogen-bond donors (Lipinski definition) is 2. The van der Waals surface area contributed by atoms with Crippen LogP contribution in [0.2, 0.25) is 10.0 Å². The van der Waals surface area contributed by atoms with E-state index in [0.717, 1.165) is 0 Å². The van der Waals surface area contributed by atoms with Gasteiger partial charge in [-0.2, -0.15) is 0 Å². The lowest BCUT2D eigenvalue weighted by Gasteiger charge is -2.21. The molecule has 0 unspecified atom stereocenters. The summed E-state index contributed by atoms with van der Waals surface area (Å²) in [7, 11) is 0. The van der Waals surface area contributed by atoms with E-state index in [1.807, 2.05) is 6.92 Å². The Morgan fingerprint density at radius 1 is 1.26 bits per heavy atom. The van der Waals surface area contributed by atoms with Crippen LogP contribution in [0, 0.1) is 5.82 Å². The molecule has 0 saturated heterocycles. The lowest BCUT2D eigenvalue weighted by atomic mass is 10.0.